The van der Waals surface area contributed by atoms with Gasteiger partial charge in [-0.25, -0.2) is 13.5 Å². The fourth-order valence-corrected chi connectivity index (χ4v) is 4.01. The van der Waals surface area contributed by atoms with Gasteiger partial charge in [0.15, 0.2) is 5.82 Å². The van der Waals surface area contributed by atoms with Crippen molar-refractivity contribution in [3.05, 3.63) is 88.4 Å². The van der Waals surface area contributed by atoms with Gasteiger partial charge < -0.3 is 5.32 Å². The summed E-state index contributed by atoms with van der Waals surface area (Å²) in [5.74, 6) is -1.26. The number of hydrogen-bond acceptors (Lipinski definition) is 3. The highest BCUT2D eigenvalue weighted by Gasteiger charge is 2.17. The molecular formula is C25H27F2N5. The summed E-state index contributed by atoms with van der Waals surface area (Å²) in [7, 11) is 0. The van der Waals surface area contributed by atoms with Crippen molar-refractivity contribution in [1.29, 1.82) is 0 Å². The van der Waals surface area contributed by atoms with Crippen molar-refractivity contribution in [1.82, 2.24) is 24.9 Å². The number of nitrogens with one attached hydrogen (secondary N) is 1. The number of hydrogen-bond donors (Lipinski definition) is 1. The minimum atomic E-state index is -0.651. The average Bonchev–Trinajstić information content (AvgIpc) is 3.29. The highest BCUT2D eigenvalue weighted by molar-refractivity contribution is 5.67. The molecule has 4 aromatic rings. The van der Waals surface area contributed by atoms with Crippen LogP contribution in [0.25, 0.3) is 16.9 Å². The number of aromatic nitrogens is 4. The Bertz CT molecular complexity index is 1260. The van der Waals surface area contributed by atoms with Crippen LogP contribution in [-0.2, 0) is 19.6 Å². The zero-order valence-corrected chi connectivity index (χ0v) is 18.8. The predicted molar refractivity (Wildman–Crippen MR) is 122 cm³/mol. The van der Waals surface area contributed by atoms with Crippen molar-refractivity contribution in [3.63, 3.8) is 0 Å². The minimum absolute atomic E-state index is 0.211. The summed E-state index contributed by atoms with van der Waals surface area (Å²) >= 11 is 0. The van der Waals surface area contributed by atoms with Gasteiger partial charge in [-0.15, -0.1) is 0 Å². The van der Waals surface area contributed by atoms with Crippen LogP contribution in [0.3, 0.4) is 0 Å². The van der Waals surface area contributed by atoms with Gasteiger partial charge in [0.25, 0.3) is 0 Å². The van der Waals surface area contributed by atoms with Crippen molar-refractivity contribution in [2.24, 2.45) is 0 Å². The Hall–Kier alpha value is -3.32. The second-order valence-corrected chi connectivity index (χ2v) is 7.93. The fourth-order valence-electron chi connectivity index (χ4n) is 4.01. The molecule has 166 valence electrons. The van der Waals surface area contributed by atoms with Crippen LogP contribution in [0, 0.1) is 32.4 Å². The largest absolute Gasteiger partial charge is 0.308 e. The van der Waals surface area contributed by atoms with Crippen molar-refractivity contribution >= 4 is 0 Å². The first-order chi connectivity index (χ1) is 15.4. The lowest BCUT2D eigenvalue weighted by molar-refractivity contribution is 0.573. The van der Waals surface area contributed by atoms with Crippen LogP contribution in [0.2, 0.25) is 0 Å². The maximum absolute atomic E-state index is 14.4. The van der Waals surface area contributed by atoms with Gasteiger partial charge in [-0.05, 0) is 45.4 Å². The molecule has 0 spiro atoms. The second-order valence-electron chi connectivity index (χ2n) is 7.93. The molecule has 0 fully saturated rings. The van der Waals surface area contributed by atoms with E-state index >= 15 is 0 Å². The Morgan fingerprint density at radius 3 is 2.44 bits per heavy atom. The molecule has 0 aliphatic rings. The van der Waals surface area contributed by atoms with E-state index in [9.17, 15) is 8.78 Å². The monoisotopic (exact) mass is 435 g/mol. The predicted octanol–water partition coefficient (Wildman–Crippen LogP) is 5.25. The van der Waals surface area contributed by atoms with Crippen LogP contribution in [0.5, 0.6) is 0 Å². The Morgan fingerprint density at radius 2 is 1.75 bits per heavy atom. The molecule has 2 aromatic heterocycles. The maximum Gasteiger partial charge on any atom is 0.151 e. The summed E-state index contributed by atoms with van der Waals surface area (Å²) in [6.45, 7) is 10.2. The van der Waals surface area contributed by atoms with Gasteiger partial charge in [-0.2, -0.15) is 10.2 Å². The van der Waals surface area contributed by atoms with E-state index in [0.717, 1.165) is 46.4 Å². The van der Waals surface area contributed by atoms with Gasteiger partial charge in [-0.1, -0.05) is 24.3 Å². The molecule has 0 bridgehead atoms. The van der Waals surface area contributed by atoms with Crippen LogP contribution in [0.15, 0.2) is 48.7 Å². The lowest BCUT2D eigenvalue weighted by Crippen LogP contribution is -2.14. The minimum Gasteiger partial charge on any atom is -0.308 e. The first-order valence-corrected chi connectivity index (χ1v) is 10.7. The molecule has 2 aromatic carbocycles. The van der Waals surface area contributed by atoms with Crippen molar-refractivity contribution in [3.8, 4) is 16.9 Å². The van der Waals surface area contributed by atoms with Crippen LogP contribution < -0.4 is 5.32 Å². The first-order valence-electron chi connectivity index (χ1n) is 10.7. The molecule has 4 rings (SSSR count). The summed E-state index contributed by atoms with van der Waals surface area (Å²) in [5, 5.41) is 12.8. The van der Waals surface area contributed by atoms with Crippen LogP contribution >= 0.6 is 0 Å². The van der Waals surface area contributed by atoms with E-state index in [1.54, 1.807) is 6.20 Å². The summed E-state index contributed by atoms with van der Waals surface area (Å²) in [6.07, 6.45) is 1.81. The molecular weight excluding hydrogens is 408 g/mol. The second kappa shape index (κ2) is 9.04. The molecule has 5 nitrogen and oxygen atoms in total. The highest BCUT2D eigenvalue weighted by Crippen LogP contribution is 2.27. The quantitative estimate of drug-likeness (QED) is 0.431. The van der Waals surface area contributed by atoms with Gasteiger partial charge in [0.2, 0.25) is 0 Å². The summed E-state index contributed by atoms with van der Waals surface area (Å²) < 4.78 is 31.3. The van der Waals surface area contributed by atoms with E-state index in [1.807, 2.05) is 42.8 Å². The van der Waals surface area contributed by atoms with Crippen LogP contribution in [0.4, 0.5) is 8.78 Å². The van der Waals surface area contributed by atoms with E-state index in [0.29, 0.717) is 13.1 Å². The van der Waals surface area contributed by atoms with E-state index in [1.165, 1.54) is 22.4 Å². The zero-order chi connectivity index (χ0) is 22.8. The summed E-state index contributed by atoms with van der Waals surface area (Å²) in [4.78, 5) is 0. The lowest BCUT2D eigenvalue weighted by atomic mass is 10.0. The van der Waals surface area contributed by atoms with Crippen molar-refractivity contribution < 1.29 is 8.78 Å². The lowest BCUT2D eigenvalue weighted by Gasteiger charge is -2.08. The van der Waals surface area contributed by atoms with Gasteiger partial charge in [0, 0.05) is 54.3 Å². The van der Waals surface area contributed by atoms with E-state index in [4.69, 9.17) is 0 Å². The summed E-state index contributed by atoms with van der Waals surface area (Å²) in [6, 6.07) is 11.5. The van der Waals surface area contributed by atoms with Gasteiger partial charge in [0.05, 0.1) is 11.4 Å². The molecule has 32 heavy (non-hydrogen) atoms. The van der Waals surface area contributed by atoms with E-state index in [-0.39, 0.29) is 5.69 Å². The number of aryl methyl sites for hydroxylation is 3. The molecule has 0 radical (unpaired) electrons. The molecule has 0 saturated heterocycles. The Morgan fingerprint density at radius 1 is 0.969 bits per heavy atom. The molecule has 0 amide bonds. The molecule has 1 N–H and O–H groups in total. The third kappa shape index (κ3) is 4.21. The molecule has 0 saturated carbocycles. The Labute approximate surface area is 186 Å². The first kappa shape index (κ1) is 21.9. The normalized spacial score (nSPS) is 11.3. The third-order valence-electron chi connectivity index (χ3n) is 5.79. The average molecular weight is 436 g/mol. The van der Waals surface area contributed by atoms with Gasteiger partial charge >= 0.3 is 0 Å². The zero-order valence-electron chi connectivity index (χ0n) is 18.8. The standard InChI is InChI=1S/C25H27F2N5/c1-5-31-18(4)22(17(3)29-31)14-28-13-19-15-32(24-11-10-20(26)12-23(24)27)30-25(19)21-9-7-6-8-16(21)2/h6-12,15,28H,5,13-14H2,1-4H3. The molecule has 0 aliphatic carbocycles. The molecule has 2 heterocycles. The molecule has 0 unspecified atom stereocenters. The van der Waals surface area contributed by atoms with Crippen molar-refractivity contribution in [2.75, 3.05) is 0 Å². The van der Waals surface area contributed by atoms with Gasteiger partial charge in [0.1, 0.15) is 11.5 Å². The van der Waals surface area contributed by atoms with E-state index < -0.39 is 11.6 Å². The third-order valence-corrected chi connectivity index (χ3v) is 5.79. The fraction of sp³-hybridized carbons (Fsp3) is 0.280. The highest BCUT2D eigenvalue weighted by atomic mass is 19.1. The van der Waals surface area contributed by atoms with E-state index in [2.05, 4.69) is 29.4 Å². The van der Waals surface area contributed by atoms with Crippen LogP contribution in [0.1, 0.15) is 35.0 Å². The topological polar surface area (TPSA) is 47.7 Å². The maximum atomic E-state index is 14.4. The Kier molecular flexibility index (Phi) is 6.19. The number of benzene rings is 2. The van der Waals surface area contributed by atoms with Crippen molar-refractivity contribution in [2.45, 2.75) is 47.3 Å². The molecule has 0 atom stereocenters. The molecule has 0 aliphatic heterocycles. The number of nitrogens with zero attached hydrogens (tertiary/aromatic N) is 4. The Balaban J connectivity index is 1.66. The number of rotatable bonds is 7. The van der Waals surface area contributed by atoms with Gasteiger partial charge in [-0.3, -0.25) is 4.68 Å². The van der Waals surface area contributed by atoms with Crippen LogP contribution in [-0.4, -0.2) is 19.6 Å². The SMILES string of the molecule is CCn1nc(C)c(CNCc2cn(-c3ccc(F)cc3F)nc2-c2ccccc2C)c1C. The smallest absolute Gasteiger partial charge is 0.151 e. The summed E-state index contributed by atoms with van der Waals surface area (Å²) in [5.41, 5.74) is 7.33. The number of halogens is 2. The molecule has 7 heteroatoms.